The molecule has 0 aromatic heterocycles. The van der Waals surface area contributed by atoms with Crippen LogP contribution in [0.25, 0.3) is 10.8 Å². The molecule has 0 aliphatic carbocycles. The molecule has 0 aliphatic rings. The quantitative estimate of drug-likeness (QED) is 0.0888. The van der Waals surface area contributed by atoms with Crippen molar-refractivity contribution in [3.8, 4) is 11.5 Å². The van der Waals surface area contributed by atoms with Crippen LogP contribution >= 0.6 is 15.6 Å². The number of fused-ring (bicyclic) bond motifs is 1. The number of phosphoric acid groups is 2. The average Bonchev–Trinajstić information content (AvgIpc) is 2.84. The van der Waals surface area contributed by atoms with Gasteiger partial charge in [-0.2, -0.15) is 0 Å². The van der Waals surface area contributed by atoms with Crippen molar-refractivity contribution in [2.75, 3.05) is 0 Å². The van der Waals surface area contributed by atoms with Crippen molar-refractivity contribution in [1.29, 1.82) is 0 Å². The Kier molecular flexibility index (Phi) is 17.2. The molecule has 0 heterocycles. The minimum Gasteiger partial charge on any atom is -0.403 e. The van der Waals surface area contributed by atoms with Crippen molar-refractivity contribution >= 4 is 26.4 Å². The van der Waals surface area contributed by atoms with Crippen LogP contribution in [0.1, 0.15) is 104 Å². The third-order valence-corrected chi connectivity index (χ3v) is 8.54. The van der Waals surface area contributed by atoms with Crippen molar-refractivity contribution in [2.45, 2.75) is 106 Å². The van der Waals surface area contributed by atoms with E-state index in [-0.39, 0.29) is 47.5 Å². The van der Waals surface area contributed by atoms with Crippen LogP contribution in [0.3, 0.4) is 0 Å². The van der Waals surface area contributed by atoms with Gasteiger partial charge in [-0.05, 0) is 56.4 Å². The van der Waals surface area contributed by atoms with Crippen molar-refractivity contribution in [3.05, 3.63) is 47.0 Å². The van der Waals surface area contributed by atoms with Crippen molar-refractivity contribution in [1.82, 2.24) is 0 Å². The van der Waals surface area contributed by atoms with E-state index in [0.717, 1.165) is 36.7 Å². The molecule has 2 rings (SSSR count). The van der Waals surface area contributed by atoms with Crippen LogP contribution in [-0.2, 0) is 15.6 Å². The maximum atomic E-state index is 11.8. The number of hydrogen-bond donors (Lipinski definition) is 4. The Labute approximate surface area is 274 Å². The van der Waals surface area contributed by atoms with Crippen molar-refractivity contribution in [3.63, 3.8) is 0 Å². The number of rotatable bonds is 18. The second kappa shape index (κ2) is 18.3. The van der Waals surface area contributed by atoms with E-state index >= 15 is 0 Å². The van der Waals surface area contributed by atoms with Crippen LogP contribution < -0.4 is 38.6 Å². The zero-order valence-electron chi connectivity index (χ0n) is 26.5. The van der Waals surface area contributed by atoms with Gasteiger partial charge in [-0.15, -0.1) is 0 Å². The molecule has 2 aromatic carbocycles. The Morgan fingerprint density at radius 3 is 1.74 bits per heavy atom. The van der Waals surface area contributed by atoms with Gasteiger partial charge in [0, 0.05) is 16.3 Å². The van der Waals surface area contributed by atoms with E-state index in [1.54, 1.807) is 31.2 Å². The second-order valence-corrected chi connectivity index (χ2v) is 14.4. The largest absolute Gasteiger partial charge is 1.00 e. The van der Waals surface area contributed by atoms with Gasteiger partial charge in [0.05, 0.1) is 0 Å². The van der Waals surface area contributed by atoms with Crippen LogP contribution in [0.2, 0.25) is 0 Å². The van der Waals surface area contributed by atoms with E-state index in [2.05, 4.69) is 27.7 Å². The SMILES string of the molecule is C/C(=C\Cc1c(C)c(OP(=O)(O)O)c2ccccc2c1OP(=O)(O)O)CCCC(C)CCCC(C)CCCC(C)C.[Na+]. The normalized spacial score (nSPS) is 14.1. The predicted molar refractivity (Wildman–Crippen MR) is 166 cm³/mol. The molecule has 0 saturated heterocycles. The molecule has 0 aliphatic heterocycles. The maximum absolute atomic E-state index is 11.8. The average molecular weight is 636 g/mol. The van der Waals surface area contributed by atoms with Gasteiger partial charge in [0.2, 0.25) is 0 Å². The Morgan fingerprint density at radius 1 is 0.786 bits per heavy atom. The fraction of sp³-hybridized carbons (Fsp3) is 0.613. The van der Waals surface area contributed by atoms with E-state index in [1.807, 2.05) is 13.0 Å². The van der Waals surface area contributed by atoms with Crippen molar-refractivity contribution < 1.29 is 67.3 Å². The topological polar surface area (TPSA) is 134 Å². The summed E-state index contributed by atoms with van der Waals surface area (Å²) in [6, 6.07) is 6.46. The van der Waals surface area contributed by atoms with E-state index < -0.39 is 15.6 Å². The molecule has 42 heavy (non-hydrogen) atoms. The number of benzene rings is 2. The Morgan fingerprint density at radius 2 is 1.24 bits per heavy atom. The molecular weight excluding hydrogens is 585 g/mol. The Hall–Kier alpha value is -0.660. The van der Waals surface area contributed by atoms with E-state index in [0.29, 0.717) is 27.8 Å². The van der Waals surface area contributed by atoms with Crippen LogP contribution in [0, 0.1) is 24.7 Å². The molecule has 2 aromatic rings. The molecule has 4 N–H and O–H groups in total. The molecule has 11 heteroatoms. The second-order valence-electron chi connectivity index (χ2n) is 12.1. The first-order chi connectivity index (χ1) is 19.1. The first-order valence-corrected chi connectivity index (χ1v) is 17.8. The monoisotopic (exact) mass is 635 g/mol. The molecule has 2 unspecified atom stereocenters. The molecule has 232 valence electrons. The van der Waals surface area contributed by atoms with E-state index in [9.17, 15) is 28.7 Å². The summed E-state index contributed by atoms with van der Waals surface area (Å²) in [5, 5.41) is 0.592. The smallest absolute Gasteiger partial charge is 0.403 e. The Balaban J connectivity index is 0.00000882. The molecule has 8 nitrogen and oxygen atoms in total. The summed E-state index contributed by atoms with van der Waals surface area (Å²) in [6.07, 6.45) is 13.1. The molecule has 0 fully saturated rings. The van der Waals surface area contributed by atoms with Crippen LogP contribution in [0.4, 0.5) is 0 Å². The van der Waals surface area contributed by atoms with E-state index in [1.165, 1.54) is 38.5 Å². The van der Waals surface area contributed by atoms with Gasteiger partial charge in [-0.25, -0.2) is 9.13 Å². The van der Waals surface area contributed by atoms with Crippen LogP contribution in [0.15, 0.2) is 35.9 Å². The van der Waals surface area contributed by atoms with Crippen molar-refractivity contribution in [2.24, 2.45) is 17.8 Å². The molecule has 2 atom stereocenters. The zero-order chi connectivity index (χ0) is 30.8. The standard InChI is InChI=1S/C31H50O8P2.Na/c1-22(2)12-9-13-23(3)14-10-15-24(4)16-11-17-25(5)20-21-27-26(6)30(38-40(32,33)34)28-18-7-8-19-29(28)31(27)39-41(35,36)37;/h7-8,18-20,22-24H,9-17,21H2,1-6H3,(H2,32,33,34)(H2,35,36,37);/q;+1/b25-20+;. The van der Waals surface area contributed by atoms with Gasteiger partial charge in [0.1, 0.15) is 11.5 Å². The summed E-state index contributed by atoms with van der Waals surface area (Å²) >= 11 is 0. The molecule has 0 saturated carbocycles. The van der Waals surface area contributed by atoms with Gasteiger partial charge in [-0.3, -0.25) is 19.6 Å². The zero-order valence-corrected chi connectivity index (χ0v) is 30.3. The number of allylic oxidation sites excluding steroid dienone is 2. The van der Waals surface area contributed by atoms with Crippen LogP contribution in [0.5, 0.6) is 11.5 Å². The number of phosphoric ester groups is 2. The fourth-order valence-electron chi connectivity index (χ4n) is 5.34. The summed E-state index contributed by atoms with van der Waals surface area (Å²) in [4.78, 5) is 38.3. The summed E-state index contributed by atoms with van der Waals surface area (Å²) in [7, 11) is -9.80. The van der Waals surface area contributed by atoms with Gasteiger partial charge in [0.25, 0.3) is 0 Å². The summed E-state index contributed by atoms with van der Waals surface area (Å²) in [5.41, 5.74) is 1.89. The molecule has 0 bridgehead atoms. The maximum Gasteiger partial charge on any atom is 1.00 e. The summed E-state index contributed by atoms with van der Waals surface area (Å²) in [5.74, 6) is 2.18. The third kappa shape index (κ3) is 14.4. The summed E-state index contributed by atoms with van der Waals surface area (Å²) < 4.78 is 33.7. The molecule has 0 spiro atoms. The van der Waals surface area contributed by atoms with Gasteiger partial charge in [0.15, 0.2) is 0 Å². The molecular formula is C31H50NaO8P2+. The minimum absolute atomic E-state index is 0. The molecule has 0 amide bonds. The van der Waals surface area contributed by atoms with Gasteiger partial charge in [-0.1, -0.05) is 109 Å². The summed E-state index contributed by atoms with van der Waals surface area (Å²) in [6.45, 7) is 12.9. The predicted octanol–water partition coefficient (Wildman–Crippen LogP) is 6.02. The van der Waals surface area contributed by atoms with Crippen LogP contribution in [-0.4, -0.2) is 19.6 Å². The first kappa shape index (κ1) is 39.4. The fourth-order valence-corrected chi connectivity index (χ4v) is 6.26. The minimum atomic E-state index is -4.91. The number of hydrogen-bond acceptors (Lipinski definition) is 4. The van der Waals surface area contributed by atoms with Gasteiger partial charge >= 0.3 is 45.2 Å². The molecule has 0 radical (unpaired) electrons. The van der Waals surface area contributed by atoms with Gasteiger partial charge < -0.3 is 9.05 Å². The van der Waals surface area contributed by atoms with E-state index in [4.69, 9.17) is 9.05 Å². The third-order valence-electron chi connectivity index (χ3n) is 7.70. The Bertz CT molecular complexity index is 1250. The first-order valence-electron chi connectivity index (χ1n) is 14.8.